The van der Waals surface area contributed by atoms with Crippen molar-refractivity contribution in [2.45, 2.75) is 32.7 Å². The molecule has 0 N–H and O–H groups in total. The van der Waals surface area contributed by atoms with Crippen LogP contribution in [0.5, 0.6) is 0 Å². The Morgan fingerprint density at radius 2 is 2.19 bits per heavy atom. The minimum Gasteiger partial charge on any atom is -0.300 e. The molecule has 1 fully saturated rings. The van der Waals surface area contributed by atoms with Gasteiger partial charge in [-0.3, -0.25) is 0 Å². The molecular formula is C11H20ClNO2S. The Morgan fingerprint density at radius 1 is 1.56 bits per heavy atom. The van der Waals surface area contributed by atoms with Crippen molar-refractivity contribution in [1.82, 2.24) is 4.90 Å². The summed E-state index contributed by atoms with van der Waals surface area (Å²) in [5.41, 5.74) is 0.750. The highest BCUT2D eigenvalue weighted by molar-refractivity contribution is 8.13. The lowest BCUT2D eigenvalue weighted by Gasteiger charge is -2.36. The van der Waals surface area contributed by atoms with Crippen LogP contribution in [0.4, 0.5) is 0 Å². The molecule has 1 heterocycles. The molecule has 1 aliphatic heterocycles. The molecule has 3 nitrogen and oxygen atoms in total. The summed E-state index contributed by atoms with van der Waals surface area (Å²) in [4.78, 5) is 2.36. The molecule has 1 unspecified atom stereocenters. The highest BCUT2D eigenvalue weighted by Crippen LogP contribution is 2.25. The van der Waals surface area contributed by atoms with Crippen molar-refractivity contribution in [3.8, 4) is 0 Å². The Kier molecular flexibility index (Phi) is 4.83. The first-order valence-corrected chi connectivity index (χ1v) is 8.11. The predicted molar refractivity (Wildman–Crippen MR) is 68.2 cm³/mol. The first-order chi connectivity index (χ1) is 7.29. The fourth-order valence-corrected chi connectivity index (χ4v) is 3.25. The normalized spacial score (nSPS) is 23.6. The zero-order valence-electron chi connectivity index (χ0n) is 9.95. The lowest BCUT2D eigenvalue weighted by atomic mass is 9.91. The molecule has 1 saturated heterocycles. The first-order valence-electron chi connectivity index (χ1n) is 5.63. The summed E-state index contributed by atoms with van der Waals surface area (Å²) in [7, 11) is 1.79. The van der Waals surface area contributed by atoms with Gasteiger partial charge in [0.25, 0.3) is 0 Å². The van der Waals surface area contributed by atoms with Crippen molar-refractivity contribution >= 4 is 19.7 Å². The number of hydrogen-bond acceptors (Lipinski definition) is 3. The molecule has 94 valence electrons. The number of hydrogen-bond donors (Lipinski definition) is 0. The van der Waals surface area contributed by atoms with Crippen LogP contribution in [-0.2, 0) is 9.05 Å². The maximum Gasteiger partial charge on any atom is 0.236 e. The van der Waals surface area contributed by atoms with Crippen molar-refractivity contribution in [1.29, 1.82) is 0 Å². The van der Waals surface area contributed by atoms with E-state index in [2.05, 4.69) is 25.3 Å². The molecule has 0 aromatic carbocycles. The van der Waals surface area contributed by atoms with Crippen LogP contribution in [0.15, 0.2) is 12.2 Å². The summed E-state index contributed by atoms with van der Waals surface area (Å²) in [6, 6.07) is 0.503. The Hall–Kier alpha value is -0.0600. The molecule has 0 spiro atoms. The summed E-state index contributed by atoms with van der Waals surface area (Å²) in [6.45, 7) is 10.2. The van der Waals surface area contributed by atoms with Gasteiger partial charge in [-0.25, -0.2) is 8.42 Å². The quantitative estimate of drug-likeness (QED) is 0.578. The van der Waals surface area contributed by atoms with Crippen LogP contribution in [0.1, 0.15) is 26.7 Å². The van der Waals surface area contributed by atoms with Crippen LogP contribution in [0.3, 0.4) is 0 Å². The molecule has 0 bridgehead atoms. The summed E-state index contributed by atoms with van der Waals surface area (Å²) in [5.74, 6) is 0.176. The average molecular weight is 266 g/mol. The van der Waals surface area contributed by atoms with Crippen LogP contribution in [0, 0.1) is 5.92 Å². The third kappa shape index (κ3) is 4.44. The monoisotopic (exact) mass is 265 g/mol. The zero-order chi connectivity index (χ0) is 12.3. The van der Waals surface area contributed by atoms with E-state index in [0.29, 0.717) is 6.04 Å². The summed E-state index contributed by atoms with van der Waals surface area (Å²) in [5, 5.41) is 0. The lowest BCUT2D eigenvalue weighted by molar-refractivity contribution is 0.154. The van der Waals surface area contributed by atoms with Crippen molar-refractivity contribution < 1.29 is 8.42 Å². The molecular weight excluding hydrogens is 246 g/mol. The molecule has 5 heteroatoms. The number of nitrogens with zero attached hydrogens (tertiary/aromatic N) is 1. The fourth-order valence-electron chi connectivity index (χ4n) is 2.15. The summed E-state index contributed by atoms with van der Waals surface area (Å²) >= 11 is 0. The van der Waals surface area contributed by atoms with Gasteiger partial charge in [-0.15, -0.1) is 0 Å². The lowest BCUT2D eigenvalue weighted by Crippen LogP contribution is -2.40. The van der Waals surface area contributed by atoms with E-state index >= 15 is 0 Å². The molecule has 0 aliphatic carbocycles. The summed E-state index contributed by atoms with van der Waals surface area (Å²) in [6.07, 6.45) is 2.12. The third-order valence-electron chi connectivity index (χ3n) is 3.12. The van der Waals surface area contributed by atoms with Gasteiger partial charge in [0.1, 0.15) is 0 Å². The van der Waals surface area contributed by atoms with Crippen molar-refractivity contribution in [3.05, 3.63) is 12.2 Å². The molecule has 1 atom stereocenters. The van der Waals surface area contributed by atoms with E-state index in [4.69, 9.17) is 10.7 Å². The Labute approximate surface area is 103 Å². The molecule has 1 aliphatic rings. The molecule has 1 rings (SSSR count). The zero-order valence-corrected chi connectivity index (χ0v) is 11.5. The van der Waals surface area contributed by atoms with Gasteiger partial charge < -0.3 is 4.90 Å². The second kappa shape index (κ2) is 5.52. The number of rotatable bonds is 4. The van der Waals surface area contributed by atoms with Gasteiger partial charge in [0, 0.05) is 23.3 Å². The van der Waals surface area contributed by atoms with Gasteiger partial charge in [-0.2, -0.15) is 0 Å². The van der Waals surface area contributed by atoms with Gasteiger partial charge in [0.15, 0.2) is 0 Å². The molecule has 0 aromatic rings. The highest BCUT2D eigenvalue weighted by atomic mass is 35.7. The van der Waals surface area contributed by atoms with E-state index in [9.17, 15) is 8.42 Å². The molecule has 0 saturated carbocycles. The largest absolute Gasteiger partial charge is 0.300 e. The predicted octanol–water partition coefficient (Wildman–Crippen LogP) is 2.23. The van der Waals surface area contributed by atoms with Gasteiger partial charge in [-0.05, 0) is 39.2 Å². The maximum atomic E-state index is 11.0. The third-order valence-corrected chi connectivity index (χ3v) is 4.16. The van der Waals surface area contributed by atoms with Crippen LogP contribution >= 0.6 is 10.7 Å². The van der Waals surface area contributed by atoms with Gasteiger partial charge in [0.05, 0.1) is 5.75 Å². The molecule has 0 radical (unpaired) electrons. The van der Waals surface area contributed by atoms with Crippen LogP contribution in [0.2, 0.25) is 0 Å². The van der Waals surface area contributed by atoms with E-state index in [0.717, 1.165) is 31.5 Å². The van der Waals surface area contributed by atoms with Gasteiger partial charge >= 0.3 is 0 Å². The topological polar surface area (TPSA) is 37.4 Å². The SMILES string of the molecule is C=C(CS(=O)(=O)Cl)C1CCCN(C(C)C)C1. The highest BCUT2D eigenvalue weighted by Gasteiger charge is 2.25. The second-order valence-electron chi connectivity index (χ2n) is 4.77. The van der Waals surface area contributed by atoms with Gasteiger partial charge in [-0.1, -0.05) is 12.2 Å². The van der Waals surface area contributed by atoms with E-state index in [1.165, 1.54) is 0 Å². The number of halogens is 1. The fraction of sp³-hybridized carbons (Fsp3) is 0.818. The van der Waals surface area contributed by atoms with E-state index < -0.39 is 9.05 Å². The van der Waals surface area contributed by atoms with Crippen LogP contribution < -0.4 is 0 Å². The molecule has 0 aromatic heterocycles. The van der Waals surface area contributed by atoms with Crippen molar-refractivity contribution in [2.24, 2.45) is 5.92 Å². The molecule has 16 heavy (non-hydrogen) atoms. The molecule has 0 amide bonds. The first kappa shape index (κ1) is 14.0. The maximum absolute atomic E-state index is 11.0. The Morgan fingerprint density at radius 3 is 2.69 bits per heavy atom. The van der Waals surface area contributed by atoms with E-state index in [1.807, 2.05) is 0 Å². The Balaban J connectivity index is 2.57. The van der Waals surface area contributed by atoms with Crippen molar-refractivity contribution in [3.63, 3.8) is 0 Å². The van der Waals surface area contributed by atoms with Crippen LogP contribution in [0.25, 0.3) is 0 Å². The minimum atomic E-state index is -3.46. The number of piperidine rings is 1. The van der Waals surface area contributed by atoms with E-state index in [-0.39, 0.29) is 11.7 Å². The Bertz CT molecular complexity index is 351. The minimum absolute atomic E-state index is 0.0921. The smallest absolute Gasteiger partial charge is 0.236 e. The van der Waals surface area contributed by atoms with Crippen LogP contribution in [-0.4, -0.2) is 38.2 Å². The van der Waals surface area contributed by atoms with Gasteiger partial charge in [0.2, 0.25) is 9.05 Å². The second-order valence-corrected chi connectivity index (χ2v) is 7.55. The average Bonchev–Trinajstić information content (AvgIpc) is 2.15. The summed E-state index contributed by atoms with van der Waals surface area (Å²) < 4.78 is 22.0. The van der Waals surface area contributed by atoms with Crippen molar-refractivity contribution in [2.75, 3.05) is 18.8 Å². The standard InChI is InChI=1S/C11H20ClNO2S/c1-9(2)13-6-4-5-11(7-13)10(3)8-16(12,14)15/h9,11H,3-8H2,1-2H3. The number of likely N-dealkylation sites (tertiary alicyclic amines) is 1. The van der Waals surface area contributed by atoms with E-state index in [1.54, 1.807) is 0 Å².